The first-order chi connectivity index (χ1) is 8.76. The molecule has 0 amide bonds. The molecule has 1 heterocycles. The van der Waals surface area contributed by atoms with Crippen molar-refractivity contribution < 1.29 is 0 Å². The van der Waals surface area contributed by atoms with Crippen LogP contribution in [0.4, 0.5) is 5.69 Å². The second-order valence-corrected chi connectivity index (χ2v) is 5.51. The summed E-state index contributed by atoms with van der Waals surface area (Å²) in [6.45, 7) is 2.05. The van der Waals surface area contributed by atoms with Crippen LogP contribution in [-0.2, 0) is 0 Å². The lowest BCUT2D eigenvalue weighted by Crippen LogP contribution is -2.07. The molecule has 18 heavy (non-hydrogen) atoms. The van der Waals surface area contributed by atoms with E-state index < -0.39 is 0 Å². The van der Waals surface area contributed by atoms with Crippen molar-refractivity contribution in [1.29, 1.82) is 5.26 Å². The molecule has 1 unspecified atom stereocenters. The first kappa shape index (κ1) is 12.9. The van der Waals surface area contributed by atoms with Crippen molar-refractivity contribution in [3.05, 3.63) is 40.3 Å². The highest BCUT2D eigenvalue weighted by atomic mass is 32.2. The monoisotopic (exact) mass is 275 g/mol. The predicted molar refractivity (Wildman–Crippen MR) is 77.1 cm³/mol. The normalized spacial score (nSPS) is 11.8. The molecule has 0 saturated carbocycles. The Kier molecular flexibility index (Phi) is 4.24. The molecular formula is C13H13N3S2. The number of hydrogen-bond acceptors (Lipinski definition) is 5. The van der Waals surface area contributed by atoms with E-state index in [9.17, 15) is 5.26 Å². The number of aromatic nitrogens is 1. The molecule has 1 aromatic carbocycles. The largest absolute Gasteiger partial charge is 0.375 e. The molecule has 0 saturated heterocycles. The third-order valence-electron chi connectivity index (χ3n) is 2.55. The highest BCUT2D eigenvalue weighted by molar-refractivity contribution is 7.98. The number of nitriles is 1. The lowest BCUT2D eigenvalue weighted by atomic mass is 10.2. The maximum absolute atomic E-state index is 9.26. The molecule has 0 bridgehead atoms. The van der Waals surface area contributed by atoms with Crippen molar-refractivity contribution in [2.45, 2.75) is 17.9 Å². The van der Waals surface area contributed by atoms with E-state index >= 15 is 0 Å². The number of hydrogen-bond donors (Lipinski definition) is 1. The van der Waals surface area contributed by atoms with Crippen LogP contribution in [0.15, 0.2) is 34.7 Å². The van der Waals surface area contributed by atoms with E-state index in [1.807, 2.05) is 36.8 Å². The molecule has 0 radical (unpaired) electrons. The molecule has 2 rings (SSSR count). The van der Waals surface area contributed by atoms with E-state index in [0.717, 1.165) is 15.6 Å². The number of thioether (sulfide) groups is 1. The first-order valence-electron chi connectivity index (χ1n) is 5.49. The summed E-state index contributed by atoms with van der Waals surface area (Å²) in [5.74, 6) is 0. The summed E-state index contributed by atoms with van der Waals surface area (Å²) < 4.78 is 0. The molecular weight excluding hydrogens is 262 g/mol. The van der Waals surface area contributed by atoms with Gasteiger partial charge in [-0.2, -0.15) is 5.26 Å². The van der Waals surface area contributed by atoms with Crippen molar-refractivity contribution in [1.82, 2.24) is 4.98 Å². The summed E-state index contributed by atoms with van der Waals surface area (Å²) in [5.41, 5.74) is 1.57. The van der Waals surface area contributed by atoms with E-state index in [1.54, 1.807) is 29.3 Å². The maximum atomic E-state index is 9.26. The standard InChI is InChI=1S/C13H13N3S2/c1-9(13-15-6-7-18-13)16-11-4-3-5-12(17-2)10(11)8-14/h3-7,9,16H,1-2H3. The van der Waals surface area contributed by atoms with Crippen molar-refractivity contribution in [3.8, 4) is 6.07 Å². The number of nitrogens with one attached hydrogen (secondary N) is 1. The van der Waals surface area contributed by atoms with Crippen LogP contribution in [0.1, 0.15) is 23.5 Å². The zero-order chi connectivity index (χ0) is 13.0. The number of rotatable bonds is 4. The van der Waals surface area contributed by atoms with Crippen LogP contribution in [0, 0.1) is 11.3 Å². The van der Waals surface area contributed by atoms with Crippen LogP contribution in [0.3, 0.4) is 0 Å². The first-order valence-corrected chi connectivity index (χ1v) is 7.59. The van der Waals surface area contributed by atoms with Crippen molar-refractivity contribution in [2.24, 2.45) is 0 Å². The Hall–Kier alpha value is -1.51. The topological polar surface area (TPSA) is 48.7 Å². The number of nitrogens with zero attached hydrogens (tertiary/aromatic N) is 2. The molecule has 3 nitrogen and oxygen atoms in total. The van der Waals surface area contributed by atoms with Crippen LogP contribution < -0.4 is 5.32 Å². The average molecular weight is 275 g/mol. The molecule has 0 aliphatic rings. The molecule has 0 fully saturated rings. The van der Waals surface area contributed by atoms with E-state index in [2.05, 4.69) is 16.4 Å². The summed E-state index contributed by atoms with van der Waals surface area (Å²) >= 11 is 3.20. The average Bonchev–Trinajstić information content (AvgIpc) is 2.92. The molecule has 0 spiro atoms. The highest BCUT2D eigenvalue weighted by Gasteiger charge is 2.12. The van der Waals surface area contributed by atoms with Gasteiger partial charge in [-0.1, -0.05) is 6.07 Å². The lowest BCUT2D eigenvalue weighted by Gasteiger charge is -2.15. The van der Waals surface area contributed by atoms with E-state index in [0.29, 0.717) is 5.56 Å². The molecule has 0 aliphatic heterocycles. The fraction of sp³-hybridized carbons (Fsp3) is 0.231. The Balaban J connectivity index is 2.27. The van der Waals surface area contributed by atoms with Gasteiger partial charge in [0.2, 0.25) is 0 Å². The van der Waals surface area contributed by atoms with Gasteiger partial charge in [-0.3, -0.25) is 0 Å². The Labute approximate surface area is 115 Å². The minimum atomic E-state index is 0.106. The van der Waals surface area contributed by atoms with Crippen LogP contribution in [-0.4, -0.2) is 11.2 Å². The fourth-order valence-electron chi connectivity index (χ4n) is 1.68. The summed E-state index contributed by atoms with van der Waals surface area (Å²) in [7, 11) is 0. The third kappa shape index (κ3) is 2.66. The number of thiazole rings is 1. The molecule has 92 valence electrons. The van der Waals surface area contributed by atoms with Gasteiger partial charge in [-0.25, -0.2) is 4.98 Å². The van der Waals surface area contributed by atoms with Crippen molar-refractivity contribution >= 4 is 28.8 Å². The molecule has 1 atom stereocenters. The van der Waals surface area contributed by atoms with Crippen molar-refractivity contribution in [3.63, 3.8) is 0 Å². The Morgan fingerprint density at radius 2 is 2.33 bits per heavy atom. The lowest BCUT2D eigenvalue weighted by molar-refractivity contribution is 0.868. The molecule has 1 aromatic heterocycles. The minimum Gasteiger partial charge on any atom is -0.375 e. The number of benzene rings is 1. The molecule has 1 N–H and O–H groups in total. The van der Waals surface area contributed by atoms with E-state index in [-0.39, 0.29) is 6.04 Å². The summed E-state index contributed by atoms with van der Waals surface area (Å²) in [5, 5.41) is 15.6. The Bertz CT molecular complexity index is 558. The minimum absolute atomic E-state index is 0.106. The zero-order valence-electron chi connectivity index (χ0n) is 10.2. The SMILES string of the molecule is CSc1cccc(NC(C)c2nccs2)c1C#N. The van der Waals surface area contributed by atoms with Crippen molar-refractivity contribution in [2.75, 3.05) is 11.6 Å². The summed E-state index contributed by atoms with van der Waals surface area (Å²) in [4.78, 5) is 5.27. The van der Waals surface area contributed by atoms with Crippen LogP contribution in [0.5, 0.6) is 0 Å². The van der Waals surface area contributed by atoms with Crippen LogP contribution in [0.2, 0.25) is 0 Å². The molecule has 2 aromatic rings. The summed E-state index contributed by atoms with van der Waals surface area (Å²) in [6.07, 6.45) is 3.77. The van der Waals surface area contributed by atoms with Gasteiger partial charge in [0, 0.05) is 16.5 Å². The third-order valence-corrected chi connectivity index (χ3v) is 4.29. The second kappa shape index (κ2) is 5.89. The van der Waals surface area contributed by atoms with E-state index in [1.165, 1.54) is 0 Å². The Morgan fingerprint density at radius 3 is 2.94 bits per heavy atom. The Morgan fingerprint density at radius 1 is 1.50 bits per heavy atom. The molecule has 0 aliphatic carbocycles. The fourth-order valence-corrected chi connectivity index (χ4v) is 2.90. The van der Waals surface area contributed by atoms with Gasteiger partial charge in [0.15, 0.2) is 0 Å². The van der Waals surface area contributed by atoms with Gasteiger partial charge in [0.25, 0.3) is 0 Å². The quantitative estimate of drug-likeness (QED) is 0.859. The predicted octanol–water partition coefficient (Wildman–Crippen LogP) is 3.91. The van der Waals surface area contributed by atoms with Gasteiger partial charge in [0.1, 0.15) is 11.1 Å². The van der Waals surface area contributed by atoms with Crippen LogP contribution in [0.25, 0.3) is 0 Å². The van der Waals surface area contributed by atoms with Gasteiger partial charge < -0.3 is 5.32 Å². The maximum Gasteiger partial charge on any atom is 0.115 e. The number of anilines is 1. The second-order valence-electron chi connectivity index (χ2n) is 3.73. The van der Waals surface area contributed by atoms with Gasteiger partial charge in [-0.15, -0.1) is 23.1 Å². The molecule has 5 heteroatoms. The van der Waals surface area contributed by atoms with Crippen LogP contribution >= 0.6 is 23.1 Å². The zero-order valence-corrected chi connectivity index (χ0v) is 11.8. The smallest absolute Gasteiger partial charge is 0.115 e. The van der Waals surface area contributed by atoms with Gasteiger partial charge >= 0.3 is 0 Å². The highest BCUT2D eigenvalue weighted by Crippen LogP contribution is 2.29. The van der Waals surface area contributed by atoms with Gasteiger partial charge in [0.05, 0.1) is 17.3 Å². The summed E-state index contributed by atoms with van der Waals surface area (Å²) in [6, 6.07) is 8.23. The van der Waals surface area contributed by atoms with E-state index in [4.69, 9.17) is 0 Å². The van der Waals surface area contributed by atoms with Gasteiger partial charge in [-0.05, 0) is 25.3 Å².